The first-order valence-corrected chi connectivity index (χ1v) is 7.31. The second-order valence-electron chi connectivity index (χ2n) is 5.47. The maximum Gasteiger partial charge on any atom is 0.261 e. The van der Waals surface area contributed by atoms with Crippen molar-refractivity contribution in [3.63, 3.8) is 0 Å². The molecule has 0 aliphatic rings. The number of nitrogens with zero attached hydrogens (tertiary/aromatic N) is 4. The molecule has 0 radical (unpaired) electrons. The Labute approximate surface area is 135 Å². The molecule has 0 N–H and O–H groups in total. The van der Waals surface area contributed by atoms with Gasteiger partial charge in [0.2, 0.25) is 0 Å². The van der Waals surface area contributed by atoms with Gasteiger partial charge in [0.25, 0.3) is 5.56 Å². The summed E-state index contributed by atoms with van der Waals surface area (Å²) < 4.78 is 16.5. The van der Waals surface area contributed by atoms with Crippen LogP contribution >= 0.6 is 0 Å². The molecule has 0 spiro atoms. The van der Waals surface area contributed by atoms with Gasteiger partial charge in [0, 0.05) is 24.0 Å². The van der Waals surface area contributed by atoms with Gasteiger partial charge in [-0.15, -0.1) is 0 Å². The van der Waals surface area contributed by atoms with Crippen LogP contribution in [-0.2, 0) is 6.54 Å². The third-order valence-electron chi connectivity index (χ3n) is 4.00. The second kappa shape index (κ2) is 5.32. The maximum absolute atomic E-state index is 13.2. The summed E-state index contributed by atoms with van der Waals surface area (Å²) in [4.78, 5) is 16.7. The third kappa shape index (κ3) is 2.15. The number of halogens is 1. The monoisotopic (exact) mass is 318 g/mol. The van der Waals surface area contributed by atoms with Crippen LogP contribution in [0.15, 0.2) is 59.9 Å². The highest BCUT2D eigenvalue weighted by Gasteiger charge is 2.12. The zero-order chi connectivity index (χ0) is 16.7. The van der Waals surface area contributed by atoms with Crippen LogP contribution in [0.4, 0.5) is 4.39 Å². The Hall–Kier alpha value is -3.46. The molecule has 116 valence electrons. The van der Waals surface area contributed by atoms with Gasteiger partial charge < -0.3 is 4.40 Å². The lowest BCUT2D eigenvalue weighted by Gasteiger charge is -2.05. The Morgan fingerprint density at radius 2 is 2.12 bits per heavy atom. The number of rotatable bonds is 2. The molecule has 0 saturated carbocycles. The number of benzene rings is 1. The van der Waals surface area contributed by atoms with Crippen LogP contribution in [0.5, 0.6) is 0 Å². The van der Waals surface area contributed by atoms with Crippen LogP contribution in [-0.4, -0.2) is 14.0 Å². The van der Waals surface area contributed by atoms with Gasteiger partial charge in [-0.25, -0.2) is 9.37 Å². The van der Waals surface area contributed by atoms with Crippen molar-refractivity contribution >= 4 is 16.4 Å². The van der Waals surface area contributed by atoms with E-state index in [0.29, 0.717) is 16.5 Å². The molecule has 0 atom stereocenters. The van der Waals surface area contributed by atoms with Crippen LogP contribution < -0.4 is 5.56 Å². The molecule has 0 unspecified atom stereocenters. The zero-order valence-electron chi connectivity index (χ0n) is 12.5. The minimum atomic E-state index is -0.433. The molecule has 6 heteroatoms. The van der Waals surface area contributed by atoms with Gasteiger partial charge in [-0.2, -0.15) is 5.26 Å². The molecular formula is C18H11FN4O. The maximum atomic E-state index is 13.2. The molecule has 5 nitrogen and oxygen atoms in total. The topological polar surface area (TPSA) is 63.1 Å². The molecule has 4 rings (SSSR count). The molecule has 3 aromatic heterocycles. The second-order valence-corrected chi connectivity index (χ2v) is 5.47. The van der Waals surface area contributed by atoms with E-state index in [9.17, 15) is 14.4 Å². The van der Waals surface area contributed by atoms with Crippen LogP contribution in [0.25, 0.3) is 16.4 Å². The van der Waals surface area contributed by atoms with Crippen molar-refractivity contribution in [1.82, 2.24) is 14.0 Å². The third-order valence-corrected chi connectivity index (χ3v) is 4.00. The molecule has 4 aromatic rings. The number of aromatic nitrogens is 3. The standard InChI is InChI=1S/C18H11FN4O/c19-13-4-5-14-16(7-13)21-11-23(18(14)24)10-12-9-22-6-2-1-3-17(22)15(12)8-20/h1-7,9,11H,10H2. The Bertz CT molecular complexity index is 1180. The van der Waals surface area contributed by atoms with Crippen molar-refractivity contribution in [3.8, 4) is 6.07 Å². The SMILES string of the molecule is N#Cc1c(Cn2cnc3cc(F)ccc3c2=O)cn2ccccc12. The highest BCUT2D eigenvalue weighted by Crippen LogP contribution is 2.18. The summed E-state index contributed by atoms with van der Waals surface area (Å²) in [5, 5.41) is 9.80. The number of pyridine rings is 1. The van der Waals surface area contributed by atoms with E-state index in [0.717, 1.165) is 11.1 Å². The van der Waals surface area contributed by atoms with E-state index in [1.54, 1.807) is 0 Å². The van der Waals surface area contributed by atoms with E-state index < -0.39 is 5.82 Å². The van der Waals surface area contributed by atoms with E-state index in [-0.39, 0.29) is 12.1 Å². The lowest BCUT2D eigenvalue weighted by atomic mass is 10.1. The minimum Gasteiger partial charge on any atom is -0.322 e. The number of fused-ring (bicyclic) bond motifs is 2. The molecule has 0 saturated heterocycles. The van der Waals surface area contributed by atoms with E-state index in [4.69, 9.17) is 0 Å². The summed E-state index contributed by atoms with van der Waals surface area (Å²) in [7, 11) is 0. The Balaban J connectivity index is 1.86. The van der Waals surface area contributed by atoms with Gasteiger partial charge in [-0.05, 0) is 24.3 Å². The molecule has 1 aromatic carbocycles. The average Bonchev–Trinajstić information content (AvgIpc) is 2.94. The quantitative estimate of drug-likeness (QED) is 0.571. The molecule has 0 fully saturated rings. The fourth-order valence-corrected chi connectivity index (χ4v) is 2.85. The summed E-state index contributed by atoms with van der Waals surface area (Å²) in [6.07, 6.45) is 5.06. The van der Waals surface area contributed by atoms with Crippen LogP contribution in [0, 0.1) is 17.1 Å². The molecule has 24 heavy (non-hydrogen) atoms. The molecule has 3 heterocycles. The molecule has 0 aliphatic heterocycles. The molecule has 0 bridgehead atoms. The lowest BCUT2D eigenvalue weighted by Crippen LogP contribution is -2.21. The number of hydrogen-bond donors (Lipinski definition) is 0. The fourth-order valence-electron chi connectivity index (χ4n) is 2.85. The van der Waals surface area contributed by atoms with Gasteiger partial charge in [0.1, 0.15) is 11.9 Å². The van der Waals surface area contributed by atoms with Gasteiger partial charge >= 0.3 is 0 Å². The summed E-state index contributed by atoms with van der Waals surface area (Å²) >= 11 is 0. The smallest absolute Gasteiger partial charge is 0.261 e. The fraction of sp³-hybridized carbons (Fsp3) is 0.0556. The normalized spacial score (nSPS) is 11.0. The van der Waals surface area contributed by atoms with Gasteiger partial charge in [-0.1, -0.05) is 6.07 Å². The molecular weight excluding hydrogens is 307 g/mol. The van der Waals surface area contributed by atoms with Crippen molar-refractivity contribution in [2.24, 2.45) is 0 Å². The highest BCUT2D eigenvalue weighted by molar-refractivity contribution is 5.77. The van der Waals surface area contributed by atoms with Crippen molar-refractivity contribution in [2.45, 2.75) is 6.54 Å². The van der Waals surface area contributed by atoms with Crippen LogP contribution in [0.3, 0.4) is 0 Å². The van der Waals surface area contributed by atoms with Crippen molar-refractivity contribution in [2.75, 3.05) is 0 Å². The van der Waals surface area contributed by atoms with Gasteiger partial charge in [-0.3, -0.25) is 9.36 Å². The number of hydrogen-bond acceptors (Lipinski definition) is 3. The first kappa shape index (κ1) is 14.2. The summed E-state index contributed by atoms with van der Waals surface area (Å²) in [6.45, 7) is 0.226. The van der Waals surface area contributed by atoms with Gasteiger partial charge in [0.05, 0.1) is 34.9 Å². The first-order valence-electron chi connectivity index (χ1n) is 7.31. The summed E-state index contributed by atoms with van der Waals surface area (Å²) in [6, 6.07) is 11.7. The first-order chi connectivity index (χ1) is 11.7. The van der Waals surface area contributed by atoms with Gasteiger partial charge in [0.15, 0.2) is 0 Å². The van der Waals surface area contributed by atoms with E-state index in [1.165, 1.54) is 29.1 Å². The predicted molar refractivity (Wildman–Crippen MR) is 87.2 cm³/mol. The Morgan fingerprint density at radius 1 is 1.25 bits per heavy atom. The van der Waals surface area contributed by atoms with Crippen molar-refractivity contribution < 1.29 is 4.39 Å². The average molecular weight is 318 g/mol. The Kier molecular flexibility index (Phi) is 3.14. The number of nitriles is 1. The van der Waals surface area contributed by atoms with Crippen LogP contribution in [0.1, 0.15) is 11.1 Å². The van der Waals surface area contributed by atoms with Crippen molar-refractivity contribution in [1.29, 1.82) is 5.26 Å². The Morgan fingerprint density at radius 3 is 2.96 bits per heavy atom. The van der Waals surface area contributed by atoms with E-state index >= 15 is 0 Å². The van der Waals surface area contributed by atoms with Crippen molar-refractivity contribution in [3.05, 3.63) is 82.4 Å². The predicted octanol–water partition coefficient (Wildman–Crippen LogP) is 2.71. The van der Waals surface area contributed by atoms with E-state index in [2.05, 4.69) is 11.1 Å². The summed E-state index contributed by atoms with van der Waals surface area (Å²) in [5.41, 5.74) is 2.10. The largest absolute Gasteiger partial charge is 0.322 e. The highest BCUT2D eigenvalue weighted by atomic mass is 19.1. The van der Waals surface area contributed by atoms with E-state index in [1.807, 2.05) is 35.0 Å². The molecule has 0 aliphatic carbocycles. The van der Waals surface area contributed by atoms with Crippen LogP contribution in [0.2, 0.25) is 0 Å². The molecule has 0 amide bonds. The lowest BCUT2D eigenvalue weighted by molar-refractivity contribution is 0.629. The minimum absolute atomic E-state index is 0.226. The zero-order valence-corrected chi connectivity index (χ0v) is 12.5. The summed E-state index contributed by atoms with van der Waals surface area (Å²) in [5.74, 6) is -0.433.